The molecule has 0 saturated carbocycles. The van der Waals surface area contributed by atoms with Gasteiger partial charge in [0.2, 0.25) is 5.88 Å². The third-order valence-corrected chi connectivity index (χ3v) is 4.72. The fourth-order valence-corrected chi connectivity index (χ4v) is 3.55. The molecule has 0 bridgehead atoms. The molecule has 118 valence electrons. The van der Waals surface area contributed by atoms with Gasteiger partial charge in [0.15, 0.2) is 0 Å². The van der Waals surface area contributed by atoms with Crippen LogP contribution >= 0.6 is 22.9 Å². The Hall–Kier alpha value is -1.98. The van der Waals surface area contributed by atoms with Crippen molar-refractivity contribution in [3.05, 3.63) is 44.9 Å². The number of thiazole rings is 1. The lowest BCUT2D eigenvalue weighted by Crippen LogP contribution is -2.01. The highest BCUT2D eigenvalue weighted by Gasteiger charge is 2.22. The molecule has 0 aliphatic heterocycles. The summed E-state index contributed by atoms with van der Waals surface area (Å²) < 4.78 is 5.47. The average molecular weight is 346 g/mol. The first-order chi connectivity index (χ1) is 11.0. The molecule has 0 N–H and O–H groups in total. The Kier molecular flexibility index (Phi) is 4.33. The van der Waals surface area contributed by atoms with Gasteiger partial charge in [-0.1, -0.05) is 23.7 Å². The minimum atomic E-state index is 0.481. The van der Waals surface area contributed by atoms with Crippen LogP contribution in [0.1, 0.15) is 15.6 Å². The molecule has 2 heterocycles. The van der Waals surface area contributed by atoms with Crippen LogP contribution in [0.4, 0.5) is 0 Å². The van der Waals surface area contributed by atoms with Gasteiger partial charge in [-0.2, -0.15) is 5.10 Å². The zero-order chi connectivity index (χ0) is 16.6. The number of nitrogens with zero attached hydrogens (tertiary/aromatic N) is 3. The zero-order valence-electron chi connectivity index (χ0n) is 13.3. The third-order valence-electron chi connectivity index (χ3n) is 3.58. The second-order valence-corrected chi connectivity index (χ2v) is 7.03. The maximum atomic E-state index is 6.02. The van der Waals surface area contributed by atoms with Crippen LogP contribution in [-0.2, 0) is 0 Å². The largest absolute Gasteiger partial charge is 0.479 e. The Labute approximate surface area is 144 Å². The Morgan fingerprint density at radius 1 is 1.00 bits per heavy atom. The molecule has 0 radical (unpaired) electrons. The molecule has 0 aliphatic carbocycles. The number of aromatic nitrogens is 3. The Bertz CT molecular complexity index is 859. The van der Waals surface area contributed by atoms with Gasteiger partial charge in [0.05, 0.1) is 29.1 Å². The highest BCUT2D eigenvalue weighted by Crippen LogP contribution is 2.41. The van der Waals surface area contributed by atoms with Gasteiger partial charge in [0.1, 0.15) is 0 Å². The van der Waals surface area contributed by atoms with E-state index in [9.17, 15) is 0 Å². The molecule has 0 fully saturated rings. The molecule has 0 spiro atoms. The van der Waals surface area contributed by atoms with Crippen molar-refractivity contribution in [3.63, 3.8) is 0 Å². The van der Waals surface area contributed by atoms with Crippen LogP contribution in [0.25, 0.3) is 22.4 Å². The van der Waals surface area contributed by atoms with Crippen LogP contribution < -0.4 is 4.74 Å². The van der Waals surface area contributed by atoms with Crippen molar-refractivity contribution in [2.24, 2.45) is 0 Å². The first kappa shape index (κ1) is 15.9. The summed E-state index contributed by atoms with van der Waals surface area (Å²) in [5.74, 6) is 0.481. The van der Waals surface area contributed by atoms with Crippen molar-refractivity contribution in [2.75, 3.05) is 7.11 Å². The van der Waals surface area contributed by atoms with Gasteiger partial charge in [0, 0.05) is 15.5 Å². The van der Waals surface area contributed by atoms with Gasteiger partial charge in [-0.25, -0.2) is 4.98 Å². The van der Waals surface area contributed by atoms with E-state index in [4.69, 9.17) is 16.3 Å². The average Bonchev–Trinajstić information content (AvgIpc) is 2.86. The Morgan fingerprint density at radius 3 is 2.26 bits per heavy atom. The SMILES string of the molecule is COc1nnc(C)c(-c2ccc(Cl)cc2)c1-c1nc(C)sc1C. The summed E-state index contributed by atoms with van der Waals surface area (Å²) in [6.45, 7) is 5.99. The van der Waals surface area contributed by atoms with Crippen LogP contribution in [0.2, 0.25) is 5.02 Å². The van der Waals surface area contributed by atoms with E-state index < -0.39 is 0 Å². The number of hydrogen-bond donors (Lipinski definition) is 0. The van der Waals surface area contributed by atoms with Crippen molar-refractivity contribution >= 4 is 22.9 Å². The molecule has 1 aromatic carbocycles. The second kappa shape index (κ2) is 6.26. The number of rotatable bonds is 3. The fourth-order valence-electron chi connectivity index (χ4n) is 2.60. The predicted molar refractivity (Wildman–Crippen MR) is 94.3 cm³/mol. The van der Waals surface area contributed by atoms with Gasteiger partial charge in [-0.3, -0.25) is 0 Å². The van der Waals surface area contributed by atoms with Crippen molar-refractivity contribution in [1.29, 1.82) is 0 Å². The number of aryl methyl sites for hydroxylation is 3. The molecule has 0 aliphatic rings. The lowest BCUT2D eigenvalue weighted by Gasteiger charge is -2.14. The van der Waals surface area contributed by atoms with Gasteiger partial charge in [-0.05, 0) is 38.5 Å². The second-order valence-electron chi connectivity index (χ2n) is 5.19. The normalized spacial score (nSPS) is 10.8. The van der Waals surface area contributed by atoms with E-state index in [0.29, 0.717) is 10.9 Å². The quantitative estimate of drug-likeness (QED) is 0.680. The maximum absolute atomic E-state index is 6.02. The molecule has 3 rings (SSSR count). The summed E-state index contributed by atoms with van der Waals surface area (Å²) >= 11 is 7.68. The fraction of sp³-hybridized carbons (Fsp3) is 0.235. The van der Waals surface area contributed by atoms with Crippen LogP contribution in [0.15, 0.2) is 24.3 Å². The van der Waals surface area contributed by atoms with E-state index in [2.05, 4.69) is 22.1 Å². The molecule has 6 heteroatoms. The van der Waals surface area contributed by atoms with Gasteiger partial charge in [0.25, 0.3) is 0 Å². The van der Waals surface area contributed by atoms with Crippen LogP contribution in [-0.4, -0.2) is 22.3 Å². The molecule has 0 saturated heterocycles. The number of benzene rings is 1. The summed E-state index contributed by atoms with van der Waals surface area (Å²) in [6, 6.07) is 7.69. The lowest BCUT2D eigenvalue weighted by atomic mass is 9.97. The molecule has 0 amide bonds. The van der Waals surface area contributed by atoms with E-state index in [1.165, 1.54) is 0 Å². The molecule has 3 aromatic rings. The first-order valence-electron chi connectivity index (χ1n) is 7.13. The summed E-state index contributed by atoms with van der Waals surface area (Å²) in [5, 5.41) is 10.1. The summed E-state index contributed by atoms with van der Waals surface area (Å²) in [4.78, 5) is 5.81. The van der Waals surface area contributed by atoms with Gasteiger partial charge < -0.3 is 4.74 Å². The van der Waals surface area contributed by atoms with Crippen molar-refractivity contribution in [3.8, 4) is 28.3 Å². The van der Waals surface area contributed by atoms with Crippen molar-refractivity contribution in [1.82, 2.24) is 15.2 Å². The van der Waals surface area contributed by atoms with Gasteiger partial charge >= 0.3 is 0 Å². The van der Waals surface area contributed by atoms with E-state index in [0.717, 1.165) is 38.0 Å². The molecular weight excluding hydrogens is 330 g/mol. The number of hydrogen-bond acceptors (Lipinski definition) is 5. The van der Waals surface area contributed by atoms with E-state index in [1.807, 2.05) is 38.1 Å². The summed E-state index contributed by atoms with van der Waals surface area (Å²) in [6.07, 6.45) is 0. The molecule has 2 aromatic heterocycles. The van der Waals surface area contributed by atoms with E-state index >= 15 is 0 Å². The molecule has 4 nitrogen and oxygen atoms in total. The number of ether oxygens (including phenoxy) is 1. The number of methoxy groups -OCH3 is 1. The zero-order valence-corrected chi connectivity index (χ0v) is 14.9. The standard InChI is InChI=1S/C17H16ClN3OS/c1-9-14(12-5-7-13(18)8-6-12)15(17(22-4)21-20-9)16-10(2)23-11(3)19-16/h5-8H,1-4H3. The minimum Gasteiger partial charge on any atom is -0.479 e. The van der Waals surface area contributed by atoms with E-state index in [1.54, 1.807) is 18.4 Å². The summed E-state index contributed by atoms with van der Waals surface area (Å²) in [7, 11) is 1.60. The molecule has 0 unspecified atom stereocenters. The first-order valence-corrected chi connectivity index (χ1v) is 8.32. The molecular formula is C17H16ClN3OS. The smallest absolute Gasteiger partial charge is 0.243 e. The highest BCUT2D eigenvalue weighted by atomic mass is 35.5. The van der Waals surface area contributed by atoms with Gasteiger partial charge in [-0.15, -0.1) is 16.4 Å². The number of halogens is 1. The maximum Gasteiger partial charge on any atom is 0.243 e. The summed E-state index contributed by atoms with van der Waals surface area (Å²) in [5.41, 5.74) is 4.59. The Balaban J connectivity index is 2.34. The predicted octanol–water partition coefficient (Wildman–Crippen LogP) is 4.85. The molecule has 23 heavy (non-hydrogen) atoms. The Morgan fingerprint density at radius 2 is 1.70 bits per heavy atom. The topological polar surface area (TPSA) is 47.9 Å². The van der Waals surface area contributed by atoms with Crippen LogP contribution in [0, 0.1) is 20.8 Å². The van der Waals surface area contributed by atoms with Crippen LogP contribution in [0.5, 0.6) is 5.88 Å². The molecule has 0 atom stereocenters. The van der Waals surface area contributed by atoms with Crippen molar-refractivity contribution in [2.45, 2.75) is 20.8 Å². The third kappa shape index (κ3) is 2.94. The highest BCUT2D eigenvalue weighted by molar-refractivity contribution is 7.11. The monoisotopic (exact) mass is 345 g/mol. The minimum absolute atomic E-state index is 0.481. The van der Waals surface area contributed by atoms with Crippen LogP contribution in [0.3, 0.4) is 0 Å². The van der Waals surface area contributed by atoms with Crippen molar-refractivity contribution < 1.29 is 4.74 Å². The lowest BCUT2D eigenvalue weighted by molar-refractivity contribution is 0.393. The van der Waals surface area contributed by atoms with E-state index in [-0.39, 0.29) is 0 Å².